The molecule has 2 saturated heterocycles. The molecule has 3 heterocycles. The minimum Gasteiger partial charge on any atom is -0.376 e. The molecule has 1 aromatic rings. The van der Waals surface area contributed by atoms with Crippen LogP contribution < -0.4 is 10.2 Å². The molecule has 7 heteroatoms. The average molecular weight is 392 g/mol. The van der Waals surface area contributed by atoms with Crippen LogP contribution in [-0.4, -0.2) is 61.6 Å². The van der Waals surface area contributed by atoms with E-state index in [0.717, 1.165) is 43.9 Å². The second kappa shape index (κ2) is 10.2. The lowest BCUT2D eigenvalue weighted by molar-refractivity contribution is -0.135. The lowest BCUT2D eigenvalue weighted by Crippen LogP contribution is -2.45. The molecule has 156 valence electrons. The first kappa shape index (κ1) is 21.0. The van der Waals surface area contributed by atoms with Gasteiger partial charge in [-0.1, -0.05) is 6.07 Å². The second-order valence-corrected chi connectivity index (χ2v) is 7.87. The van der Waals surface area contributed by atoms with Gasteiger partial charge in [0, 0.05) is 32.4 Å². The van der Waals surface area contributed by atoms with Crippen LogP contribution in [0.3, 0.4) is 0 Å². The van der Waals surface area contributed by atoms with Gasteiger partial charge in [-0.15, -0.1) is 0 Å². The Morgan fingerprint density at radius 3 is 2.75 bits per heavy atom. The zero-order valence-electron chi connectivity index (χ0n) is 17.2. The third kappa shape index (κ3) is 6.15. The van der Waals surface area contributed by atoms with Crippen molar-refractivity contribution in [3.8, 4) is 0 Å². The first-order valence-electron chi connectivity index (χ1n) is 10.4. The Kier molecular flexibility index (Phi) is 7.65. The van der Waals surface area contributed by atoms with E-state index in [-0.39, 0.29) is 24.2 Å². The van der Waals surface area contributed by atoms with Crippen molar-refractivity contribution in [3.05, 3.63) is 23.9 Å². The summed E-state index contributed by atoms with van der Waals surface area (Å²) in [6.07, 6.45) is 5.13. The van der Waals surface area contributed by atoms with Crippen molar-refractivity contribution in [2.45, 2.75) is 71.0 Å². The molecule has 0 aromatic carbocycles. The van der Waals surface area contributed by atoms with Gasteiger partial charge in [0.25, 0.3) is 0 Å². The molecule has 7 nitrogen and oxygen atoms in total. The molecule has 1 N–H and O–H groups in total. The maximum absolute atomic E-state index is 12.3. The summed E-state index contributed by atoms with van der Waals surface area (Å²) >= 11 is 0. The summed E-state index contributed by atoms with van der Waals surface area (Å²) in [6.45, 7) is 9.32. The highest BCUT2D eigenvalue weighted by atomic mass is 16.5. The molecule has 3 rings (SSSR count). The monoisotopic (exact) mass is 391 g/mol. The molecule has 0 radical (unpaired) electrons. The summed E-state index contributed by atoms with van der Waals surface area (Å²) < 4.78 is 17.1. The van der Waals surface area contributed by atoms with Gasteiger partial charge >= 0.3 is 0 Å². The van der Waals surface area contributed by atoms with Crippen LogP contribution in [0.5, 0.6) is 0 Å². The topological polar surface area (TPSA) is 72.9 Å². The van der Waals surface area contributed by atoms with Crippen LogP contribution in [0.4, 0.5) is 5.82 Å². The number of pyridine rings is 1. The summed E-state index contributed by atoms with van der Waals surface area (Å²) in [5.74, 6) is 0.831. The number of hydrogen-bond donors (Lipinski definition) is 1. The Labute approximate surface area is 167 Å². The van der Waals surface area contributed by atoms with Gasteiger partial charge in [-0.05, 0) is 51.7 Å². The van der Waals surface area contributed by atoms with Crippen LogP contribution in [-0.2, 0) is 25.5 Å². The van der Waals surface area contributed by atoms with Crippen LogP contribution in [0, 0.1) is 0 Å². The molecule has 0 saturated carbocycles. The Bertz CT molecular complexity index is 609. The van der Waals surface area contributed by atoms with E-state index in [4.69, 9.17) is 14.2 Å². The summed E-state index contributed by atoms with van der Waals surface area (Å²) in [4.78, 5) is 19.1. The summed E-state index contributed by atoms with van der Waals surface area (Å²) in [5.41, 5.74) is 0.967. The van der Waals surface area contributed by atoms with Crippen LogP contribution >= 0.6 is 0 Å². The fourth-order valence-corrected chi connectivity index (χ4v) is 3.67. The quantitative estimate of drug-likeness (QED) is 0.769. The number of carbonyl (C=O) groups is 1. The predicted molar refractivity (Wildman–Crippen MR) is 107 cm³/mol. The van der Waals surface area contributed by atoms with Gasteiger partial charge < -0.3 is 24.4 Å². The van der Waals surface area contributed by atoms with Crippen molar-refractivity contribution in [2.24, 2.45) is 0 Å². The largest absolute Gasteiger partial charge is 0.376 e. The highest BCUT2D eigenvalue weighted by molar-refractivity contribution is 5.80. The van der Waals surface area contributed by atoms with E-state index in [2.05, 4.69) is 29.0 Å². The first-order chi connectivity index (χ1) is 13.5. The minimum atomic E-state index is -0.492. The number of nitrogens with one attached hydrogen (secondary N) is 1. The van der Waals surface area contributed by atoms with E-state index < -0.39 is 6.10 Å². The molecule has 0 spiro atoms. The molecule has 1 aromatic heterocycles. The van der Waals surface area contributed by atoms with Crippen molar-refractivity contribution in [2.75, 3.05) is 31.2 Å². The fourth-order valence-electron chi connectivity index (χ4n) is 3.67. The van der Waals surface area contributed by atoms with Gasteiger partial charge in [0.05, 0.1) is 24.9 Å². The second-order valence-electron chi connectivity index (χ2n) is 7.87. The van der Waals surface area contributed by atoms with E-state index in [1.807, 2.05) is 18.3 Å². The Hall–Kier alpha value is -1.70. The molecule has 2 aliphatic heterocycles. The summed E-state index contributed by atoms with van der Waals surface area (Å²) in [6, 6.07) is 4.02. The summed E-state index contributed by atoms with van der Waals surface area (Å²) in [5, 5.41) is 2.92. The number of anilines is 1. The average Bonchev–Trinajstić information content (AvgIpc) is 2.70. The Balaban J connectivity index is 1.41. The van der Waals surface area contributed by atoms with Crippen LogP contribution in [0.15, 0.2) is 18.3 Å². The predicted octanol–water partition coefficient (Wildman–Crippen LogP) is 2.29. The maximum Gasteiger partial charge on any atom is 0.249 e. The van der Waals surface area contributed by atoms with Crippen LogP contribution in [0.2, 0.25) is 0 Å². The Morgan fingerprint density at radius 2 is 2.11 bits per heavy atom. The number of aromatic nitrogens is 1. The maximum atomic E-state index is 12.3. The zero-order chi connectivity index (χ0) is 19.9. The van der Waals surface area contributed by atoms with E-state index in [9.17, 15) is 4.79 Å². The molecule has 28 heavy (non-hydrogen) atoms. The molecule has 1 amide bonds. The van der Waals surface area contributed by atoms with Crippen molar-refractivity contribution < 1.29 is 19.0 Å². The smallest absolute Gasteiger partial charge is 0.249 e. The van der Waals surface area contributed by atoms with Gasteiger partial charge in [-0.25, -0.2) is 4.98 Å². The lowest BCUT2D eigenvalue weighted by atomic mass is 10.1. The number of morpholine rings is 1. The SMILES string of the molecule is CC1CN(c2ccc(CNC(=O)C(C)OCC3CCCCO3)cn2)CC(C)O1. The van der Waals surface area contributed by atoms with Crippen molar-refractivity contribution in [3.63, 3.8) is 0 Å². The molecule has 2 fully saturated rings. The molecule has 4 atom stereocenters. The van der Waals surface area contributed by atoms with Crippen molar-refractivity contribution >= 4 is 11.7 Å². The van der Waals surface area contributed by atoms with E-state index in [0.29, 0.717) is 13.2 Å². The molecule has 4 unspecified atom stereocenters. The molecule has 2 aliphatic rings. The summed E-state index contributed by atoms with van der Waals surface area (Å²) in [7, 11) is 0. The first-order valence-corrected chi connectivity index (χ1v) is 10.4. The van der Waals surface area contributed by atoms with Crippen LogP contribution in [0.25, 0.3) is 0 Å². The van der Waals surface area contributed by atoms with Gasteiger partial charge in [0.2, 0.25) is 5.91 Å². The van der Waals surface area contributed by atoms with E-state index >= 15 is 0 Å². The molecular weight excluding hydrogens is 358 g/mol. The van der Waals surface area contributed by atoms with E-state index in [1.54, 1.807) is 6.92 Å². The highest BCUT2D eigenvalue weighted by Crippen LogP contribution is 2.18. The highest BCUT2D eigenvalue weighted by Gasteiger charge is 2.23. The number of rotatable bonds is 7. The minimum absolute atomic E-state index is 0.115. The Morgan fingerprint density at radius 1 is 1.32 bits per heavy atom. The van der Waals surface area contributed by atoms with Crippen LogP contribution in [0.1, 0.15) is 45.6 Å². The van der Waals surface area contributed by atoms with Gasteiger partial charge in [-0.2, -0.15) is 0 Å². The van der Waals surface area contributed by atoms with Gasteiger partial charge in [-0.3, -0.25) is 4.79 Å². The van der Waals surface area contributed by atoms with Crippen molar-refractivity contribution in [1.82, 2.24) is 10.3 Å². The lowest BCUT2D eigenvalue weighted by Gasteiger charge is -2.36. The fraction of sp³-hybridized carbons (Fsp3) is 0.714. The zero-order valence-corrected chi connectivity index (χ0v) is 17.2. The third-order valence-corrected chi connectivity index (χ3v) is 5.19. The van der Waals surface area contributed by atoms with Gasteiger partial charge in [0.15, 0.2) is 0 Å². The number of ether oxygens (including phenoxy) is 3. The molecule has 0 bridgehead atoms. The van der Waals surface area contributed by atoms with Crippen molar-refractivity contribution in [1.29, 1.82) is 0 Å². The number of amides is 1. The van der Waals surface area contributed by atoms with E-state index in [1.165, 1.54) is 6.42 Å². The molecule has 0 aliphatic carbocycles. The normalized spacial score (nSPS) is 26.7. The third-order valence-electron chi connectivity index (χ3n) is 5.19. The number of carbonyl (C=O) groups excluding carboxylic acids is 1. The number of hydrogen-bond acceptors (Lipinski definition) is 6. The molecular formula is C21H33N3O4. The standard InChI is InChI=1S/C21H33N3O4/c1-15-12-24(13-16(2)28-15)20-8-7-18(10-22-20)11-23-21(25)17(3)27-14-19-6-4-5-9-26-19/h7-8,10,15-17,19H,4-6,9,11-14H2,1-3H3,(H,23,25). The van der Waals surface area contributed by atoms with Gasteiger partial charge in [0.1, 0.15) is 11.9 Å². The number of nitrogens with zero attached hydrogens (tertiary/aromatic N) is 2.